The number of hydrogen-bond acceptors (Lipinski definition) is 0. The Morgan fingerprint density at radius 3 is 2.62 bits per heavy atom. The lowest BCUT2D eigenvalue weighted by Gasteiger charge is -2.24. The molecule has 0 aliphatic heterocycles. The van der Waals surface area contributed by atoms with Crippen molar-refractivity contribution in [3.63, 3.8) is 0 Å². The minimum absolute atomic E-state index is 0.642. The molecule has 4 atom stereocenters. The van der Waals surface area contributed by atoms with E-state index in [2.05, 4.69) is 58.4 Å². The fraction of sp³-hybridized carbons (Fsp3) is 0.500. The van der Waals surface area contributed by atoms with Crippen molar-refractivity contribution < 1.29 is 0 Å². The van der Waals surface area contributed by atoms with Gasteiger partial charge in [-0.3, -0.25) is 0 Å². The first-order chi connectivity index (χ1) is 10.3. The molecule has 21 heavy (non-hydrogen) atoms. The lowest BCUT2D eigenvalue weighted by Crippen LogP contribution is -2.16. The van der Waals surface area contributed by atoms with Gasteiger partial charge in [-0.25, -0.2) is 0 Å². The molecule has 4 unspecified atom stereocenters. The second-order valence-electron chi connectivity index (χ2n) is 7.15. The minimum atomic E-state index is 0.642. The van der Waals surface area contributed by atoms with Crippen molar-refractivity contribution in [2.24, 2.45) is 17.8 Å². The number of rotatable bonds is 4. The molecule has 110 valence electrons. The van der Waals surface area contributed by atoms with E-state index in [1.807, 2.05) is 0 Å². The van der Waals surface area contributed by atoms with Gasteiger partial charge in [0.25, 0.3) is 0 Å². The van der Waals surface area contributed by atoms with Gasteiger partial charge >= 0.3 is 0 Å². The number of hydrogen-bond donors (Lipinski definition) is 0. The smallest absolute Gasteiger partial charge is 0.0188 e. The van der Waals surface area contributed by atoms with Crippen LogP contribution in [0.1, 0.15) is 37.7 Å². The van der Waals surface area contributed by atoms with Crippen LogP contribution >= 0.6 is 15.9 Å². The summed E-state index contributed by atoms with van der Waals surface area (Å²) in [5, 5.41) is 2.72. The zero-order chi connectivity index (χ0) is 14.2. The average molecular weight is 343 g/mol. The van der Waals surface area contributed by atoms with Crippen molar-refractivity contribution in [3.05, 3.63) is 48.0 Å². The van der Waals surface area contributed by atoms with Gasteiger partial charge in [0.2, 0.25) is 0 Å². The zero-order valence-electron chi connectivity index (χ0n) is 12.5. The van der Waals surface area contributed by atoms with Gasteiger partial charge in [-0.05, 0) is 66.2 Å². The number of fused-ring (bicyclic) bond motifs is 3. The first-order valence-electron chi connectivity index (χ1n) is 8.39. The highest BCUT2D eigenvalue weighted by molar-refractivity contribution is 9.09. The fourth-order valence-corrected chi connectivity index (χ4v) is 5.55. The van der Waals surface area contributed by atoms with Gasteiger partial charge in [-0.15, -0.1) is 0 Å². The van der Waals surface area contributed by atoms with Crippen LogP contribution < -0.4 is 0 Å². The summed E-state index contributed by atoms with van der Waals surface area (Å²) >= 11 is 3.96. The summed E-state index contributed by atoms with van der Waals surface area (Å²) in [4.78, 5) is 0.642. The summed E-state index contributed by atoms with van der Waals surface area (Å²) in [5.74, 6) is 3.11. The standard InChI is InChI=1S/C20H23Br/c21-20(13-19-11-14-6-8-18(19)9-14)12-15-5-7-16-3-1-2-4-17(16)10-15/h1-5,7,10,14,18-20H,6,8-9,11-13H2. The lowest BCUT2D eigenvalue weighted by molar-refractivity contribution is 0.313. The molecule has 2 aromatic rings. The maximum atomic E-state index is 3.96. The molecular weight excluding hydrogens is 320 g/mol. The molecule has 2 fully saturated rings. The Morgan fingerprint density at radius 2 is 1.86 bits per heavy atom. The second kappa shape index (κ2) is 5.76. The van der Waals surface area contributed by atoms with E-state index in [0.717, 1.165) is 17.8 Å². The molecule has 2 saturated carbocycles. The number of alkyl halides is 1. The Balaban J connectivity index is 1.42. The number of benzene rings is 2. The molecule has 0 N–H and O–H groups in total. The summed E-state index contributed by atoms with van der Waals surface area (Å²) in [7, 11) is 0. The van der Waals surface area contributed by atoms with Crippen molar-refractivity contribution in [2.75, 3.05) is 0 Å². The molecule has 0 heterocycles. The van der Waals surface area contributed by atoms with Crippen molar-refractivity contribution in [1.82, 2.24) is 0 Å². The maximum absolute atomic E-state index is 3.96. The topological polar surface area (TPSA) is 0 Å². The third-order valence-electron chi connectivity index (χ3n) is 5.71. The van der Waals surface area contributed by atoms with E-state index in [1.54, 1.807) is 0 Å². The first-order valence-corrected chi connectivity index (χ1v) is 9.31. The van der Waals surface area contributed by atoms with Crippen LogP contribution in [-0.4, -0.2) is 4.83 Å². The summed E-state index contributed by atoms with van der Waals surface area (Å²) < 4.78 is 0. The maximum Gasteiger partial charge on any atom is 0.0188 e. The van der Waals surface area contributed by atoms with Crippen LogP contribution in [0.25, 0.3) is 10.8 Å². The summed E-state index contributed by atoms with van der Waals surface area (Å²) in [6.45, 7) is 0. The molecule has 0 spiro atoms. The van der Waals surface area contributed by atoms with Gasteiger partial charge in [-0.1, -0.05) is 64.8 Å². The predicted molar refractivity (Wildman–Crippen MR) is 93.9 cm³/mol. The molecule has 4 rings (SSSR count). The minimum Gasteiger partial charge on any atom is -0.0887 e. The molecule has 1 heteroatoms. The monoisotopic (exact) mass is 342 g/mol. The van der Waals surface area contributed by atoms with Crippen LogP contribution in [-0.2, 0) is 6.42 Å². The molecule has 2 aromatic carbocycles. The Labute approximate surface area is 136 Å². The Bertz CT molecular complexity index is 633. The van der Waals surface area contributed by atoms with Gasteiger partial charge in [-0.2, -0.15) is 0 Å². The first kappa shape index (κ1) is 13.8. The van der Waals surface area contributed by atoms with E-state index < -0.39 is 0 Å². The summed E-state index contributed by atoms with van der Waals surface area (Å²) in [5.41, 5.74) is 1.47. The van der Waals surface area contributed by atoms with Gasteiger partial charge in [0.15, 0.2) is 0 Å². The van der Waals surface area contributed by atoms with Crippen LogP contribution in [0.4, 0.5) is 0 Å². The Morgan fingerprint density at radius 1 is 1.00 bits per heavy atom. The highest BCUT2D eigenvalue weighted by Gasteiger charge is 2.39. The molecule has 2 aliphatic rings. The molecule has 0 amide bonds. The Kier molecular flexibility index (Phi) is 3.79. The molecule has 2 bridgehead atoms. The van der Waals surface area contributed by atoms with E-state index in [1.165, 1.54) is 54.9 Å². The van der Waals surface area contributed by atoms with E-state index in [9.17, 15) is 0 Å². The normalized spacial score (nSPS) is 29.1. The predicted octanol–water partition coefficient (Wildman–Crippen LogP) is 5.97. The van der Waals surface area contributed by atoms with Crippen LogP contribution in [0.3, 0.4) is 0 Å². The van der Waals surface area contributed by atoms with Gasteiger partial charge < -0.3 is 0 Å². The molecule has 2 aliphatic carbocycles. The van der Waals surface area contributed by atoms with E-state index in [0.29, 0.717) is 4.83 Å². The molecule has 0 saturated heterocycles. The highest BCUT2D eigenvalue weighted by Crippen LogP contribution is 2.50. The van der Waals surface area contributed by atoms with Gasteiger partial charge in [0.05, 0.1) is 0 Å². The van der Waals surface area contributed by atoms with Gasteiger partial charge in [0.1, 0.15) is 0 Å². The Hall–Kier alpha value is -0.820. The molecule has 0 nitrogen and oxygen atoms in total. The van der Waals surface area contributed by atoms with E-state index >= 15 is 0 Å². The molecule has 0 aromatic heterocycles. The third kappa shape index (κ3) is 2.90. The quantitative estimate of drug-likeness (QED) is 0.600. The van der Waals surface area contributed by atoms with Crippen molar-refractivity contribution >= 4 is 26.7 Å². The van der Waals surface area contributed by atoms with Crippen molar-refractivity contribution in [1.29, 1.82) is 0 Å². The van der Waals surface area contributed by atoms with E-state index in [-0.39, 0.29) is 0 Å². The van der Waals surface area contributed by atoms with Gasteiger partial charge in [0, 0.05) is 4.83 Å². The van der Waals surface area contributed by atoms with Crippen LogP contribution in [0, 0.1) is 17.8 Å². The average Bonchev–Trinajstić information content (AvgIpc) is 3.09. The van der Waals surface area contributed by atoms with Crippen LogP contribution in [0.5, 0.6) is 0 Å². The summed E-state index contributed by atoms with van der Waals surface area (Å²) in [6.07, 6.45) is 8.58. The van der Waals surface area contributed by atoms with Crippen LogP contribution in [0.2, 0.25) is 0 Å². The van der Waals surface area contributed by atoms with Crippen molar-refractivity contribution in [2.45, 2.75) is 43.4 Å². The summed E-state index contributed by atoms with van der Waals surface area (Å²) in [6, 6.07) is 15.6. The fourth-order valence-electron chi connectivity index (χ4n) is 4.70. The lowest BCUT2D eigenvalue weighted by atomic mass is 9.85. The zero-order valence-corrected chi connectivity index (χ0v) is 14.1. The van der Waals surface area contributed by atoms with E-state index in [4.69, 9.17) is 0 Å². The molecular formula is C20H23Br. The second-order valence-corrected chi connectivity index (χ2v) is 8.45. The largest absolute Gasteiger partial charge is 0.0887 e. The van der Waals surface area contributed by atoms with Crippen molar-refractivity contribution in [3.8, 4) is 0 Å². The number of halogens is 1. The highest BCUT2D eigenvalue weighted by atomic mass is 79.9. The SMILES string of the molecule is BrC(Cc1ccc2ccccc2c1)CC1CC2CCC1C2. The third-order valence-corrected chi connectivity index (χ3v) is 6.41. The molecule has 0 radical (unpaired) electrons. The van der Waals surface area contributed by atoms with Crippen LogP contribution in [0.15, 0.2) is 42.5 Å².